The number of methoxy groups -OCH3 is 1. The number of urea groups is 1. The average molecular weight is 421 g/mol. The van der Waals surface area contributed by atoms with Crippen molar-refractivity contribution in [3.63, 3.8) is 0 Å². The van der Waals surface area contributed by atoms with Crippen LogP contribution in [0.25, 0.3) is 11.3 Å². The van der Waals surface area contributed by atoms with E-state index >= 15 is 0 Å². The van der Waals surface area contributed by atoms with Gasteiger partial charge in [-0.05, 0) is 44.0 Å². The summed E-state index contributed by atoms with van der Waals surface area (Å²) in [5, 5.41) is 8.95. The van der Waals surface area contributed by atoms with Gasteiger partial charge in [0.25, 0.3) is 0 Å². The molecule has 3 aromatic rings. The number of aryl methyl sites for hydroxylation is 1. The standard InChI is InChI=1S/C23H28N6O2/c1-5-18(17-8-7-11-26-15(17)3)27-22-14-24-13-20(28-22)16-9-10-19(21(12-16)31-4)29-23(30)25-6-2/h7-14,18H,5-6H2,1-4H3,(H,27,28)(H2,25,29,30). The molecule has 3 N–H and O–H groups in total. The molecule has 162 valence electrons. The van der Waals surface area contributed by atoms with Gasteiger partial charge < -0.3 is 20.7 Å². The Hall–Kier alpha value is -3.68. The van der Waals surface area contributed by atoms with Crippen molar-refractivity contribution in [2.24, 2.45) is 0 Å². The van der Waals surface area contributed by atoms with Gasteiger partial charge in [0.15, 0.2) is 0 Å². The van der Waals surface area contributed by atoms with Gasteiger partial charge in [0.1, 0.15) is 11.6 Å². The zero-order valence-corrected chi connectivity index (χ0v) is 18.3. The fourth-order valence-electron chi connectivity index (χ4n) is 3.30. The maximum Gasteiger partial charge on any atom is 0.319 e. The first-order valence-electron chi connectivity index (χ1n) is 10.3. The van der Waals surface area contributed by atoms with Crippen LogP contribution in [0.5, 0.6) is 5.75 Å². The van der Waals surface area contributed by atoms with Crippen LogP contribution < -0.4 is 20.7 Å². The first kappa shape index (κ1) is 22.0. The molecule has 2 amide bonds. The number of aromatic nitrogens is 3. The monoisotopic (exact) mass is 420 g/mol. The summed E-state index contributed by atoms with van der Waals surface area (Å²) in [6.45, 7) is 6.52. The van der Waals surface area contributed by atoms with Gasteiger partial charge in [-0.2, -0.15) is 0 Å². The first-order chi connectivity index (χ1) is 15.0. The predicted molar refractivity (Wildman–Crippen MR) is 122 cm³/mol. The van der Waals surface area contributed by atoms with Crippen molar-refractivity contribution in [1.82, 2.24) is 20.3 Å². The molecule has 0 fully saturated rings. The Morgan fingerprint density at radius 3 is 2.74 bits per heavy atom. The molecule has 1 aromatic carbocycles. The minimum atomic E-state index is -0.282. The van der Waals surface area contributed by atoms with E-state index in [0.29, 0.717) is 29.5 Å². The Bertz CT molecular complexity index is 1040. The lowest BCUT2D eigenvalue weighted by molar-refractivity contribution is 0.252. The number of nitrogens with zero attached hydrogens (tertiary/aromatic N) is 3. The molecule has 0 aliphatic carbocycles. The second-order valence-electron chi connectivity index (χ2n) is 6.97. The number of amides is 2. The summed E-state index contributed by atoms with van der Waals surface area (Å²) in [5.74, 6) is 1.22. The summed E-state index contributed by atoms with van der Waals surface area (Å²) in [6.07, 6.45) is 6.09. The van der Waals surface area contributed by atoms with Gasteiger partial charge in [0.05, 0.1) is 36.9 Å². The van der Waals surface area contributed by atoms with E-state index in [9.17, 15) is 4.79 Å². The molecule has 0 bridgehead atoms. The number of anilines is 2. The van der Waals surface area contributed by atoms with Gasteiger partial charge in [-0.25, -0.2) is 9.78 Å². The summed E-state index contributed by atoms with van der Waals surface area (Å²) in [6, 6.07) is 9.31. The number of benzene rings is 1. The number of ether oxygens (including phenoxy) is 1. The minimum absolute atomic E-state index is 0.0800. The number of carbonyl (C=O) groups is 1. The largest absolute Gasteiger partial charge is 0.495 e. The molecule has 0 saturated carbocycles. The van der Waals surface area contributed by atoms with Crippen LogP contribution in [0.3, 0.4) is 0 Å². The molecular formula is C23H28N6O2. The zero-order chi connectivity index (χ0) is 22.2. The highest BCUT2D eigenvalue weighted by atomic mass is 16.5. The van der Waals surface area contributed by atoms with E-state index in [-0.39, 0.29) is 12.1 Å². The fraction of sp³-hybridized carbons (Fsp3) is 0.304. The van der Waals surface area contributed by atoms with E-state index in [4.69, 9.17) is 9.72 Å². The predicted octanol–water partition coefficient (Wildman–Crippen LogP) is 4.56. The van der Waals surface area contributed by atoms with Gasteiger partial charge in [-0.15, -0.1) is 0 Å². The molecule has 1 unspecified atom stereocenters. The highest BCUT2D eigenvalue weighted by molar-refractivity contribution is 5.91. The van der Waals surface area contributed by atoms with Gasteiger partial charge in [0.2, 0.25) is 0 Å². The van der Waals surface area contributed by atoms with Crippen LogP contribution >= 0.6 is 0 Å². The molecule has 8 nitrogen and oxygen atoms in total. The van der Waals surface area contributed by atoms with E-state index in [1.165, 1.54) is 0 Å². The Labute approximate surface area is 182 Å². The number of pyridine rings is 1. The second kappa shape index (κ2) is 10.4. The van der Waals surface area contributed by atoms with Gasteiger partial charge in [-0.1, -0.05) is 19.1 Å². The summed E-state index contributed by atoms with van der Waals surface area (Å²) < 4.78 is 5.46. The molecule has 3 rings (SSSR count). The van der Waals surface area contributed by atoms with E-state index in [0.717, 1.165) is 23.2 Å². The van der Waals surface area contributed by atoms with E-state index in [1.807, 2.05) is 32.0 Å². The number of hydrogen-bond donors (Lipinski definition) is 3. The Morgan fingerprint density at radius 1 is 1.19 bits per heavy atom. The molecule has 1 atom stereocenters. The van der Waals surface area contributed by atoms with Crippen LogP contribution in [0.15, 0.2) is 48.9 Å². The quantitative estimate of drug-likeness (QED) is 0.494. The second-order valence-corrected chi connectivity index (χ2v) is 6.97. The van der Waals surface area contributed by atoms with Crippen molar-refractivity contribution in [2.75, 3.05) is 24.3 Å². The van der Waals surface area contributed by atoms with Crippen LogP contribution in [0.4, 0.5) is 16.3 Å². The Morgan fingerprint density at radius 2 is 2.03 bits per heavy atom. The van der Waals surface area contributed by atoms with Crippen LogP contribution in [-0.4, -0.2) is 34.6 Å². The summed E-state index contributed by atoms with van der Waals surface area (Å²) >= 11 is 0. The number of carbonyl (C=O) groups excluding carboxylic acids is 1. The van der Waals surface area contributed by atoms with Crippen LogP contribution in [0, 0.1) is 6.92 Å². The van der Waals surface area contributed by atoms with Crippen LogP contribution in [0.2, 0.25) is 0 Å². The van der Waals surface area contributed by atoms with Crippen molar-refractivity contribution in [1.29, 1.82) is 0 Å². The third kappa shape index (κ3) is 5.48. The molecule has 8 heteroatoms. The lowest BCUT2D eigenvalue weighted by Crippen LogP contribution is -2.28. The summed E-state index contributed by atoms with van der Waals surface area (Å²) in [4.78, 5) is 25.3. The fourth-order valence-corrected chi connectivity index (χ4v) is 3.30. The summed E-state index contributed by atoms with van der Waals surface area (Å²) in [5.41, 5.74) is 4.24. The van der Waals surface area contributed by atoms with Crippen molar-refractivity contribution < 1.29 is 9.53 Å². The third-order valence-electron chi connectivity index (χ3n) is 4.87. The maximum atomic E-state index is 11.8. The molecule has 2 heterocycles. The van der Waals surface area contributed by atoms with Gasteiger partial charge >= 0.3 is 6.03 Å². The molecule has 0 aliphatic heterocycles. The van der Waals surface area contributed by atoms with E-state index in [2.05, 4.69) is 38.9 Å². The highest BCUT2D eigenvalue weighted by Gasteiger charge is 2.14. The van der Waals surface area contributed by atoms with Crippen molar-refractivity contribution >= 4 is 17.5 Å². The van der Waals surface area contributed by atoms with Crippen molar-refractivity contribution in [3.8, 4) is 17.0 Å². The van der Waals surface area contributed by atoms with E-state index in [1.54, 1.807) is 31.8 Å². The lowest BCUT2D eigenvalue weighted by Gasteiger charge is -2.19. The number of nitrogens with one attached hydrogen (secondary N) is 3. The molecule has 2 aromatic heterocycles. The Kier molecular flexibility index (Phi) is 7.37. The minimum Gasteiger partial charge on any atom is -0.495 e. The smallest absolute Gasteiger partial charge is 0.319 e. The highest BCUT2D eigenvalue weighted by Crippen LogP contribution is 2.31. The molecule has 0 radical (unpaired) electrons. The molecule has 0 saturated heterocycles. The topological polar surface area (TPSA) is 101 Å². The normalized spacial score (nSPS) is 11.5. The van der Waals surface area contributed by atoms with Gasteiger partial charge in [-0.3, -0.25) is 9.97 Å². The molecule has 0 spiro atoms. The van der Waals surface area contributed by atoms with Crippen molar-refractivity contribution in [3.05, 3.63) is 60.2 Å². The number of hydrogen-bond acceptors (Lipinski definition) is 6. The number of rotatable bonds is 8. The average Bonchev–Trinajstić information content (AvgIpc) is 2.78. The summed E-state index contributed by atoms with van der Waals surface area (Å²) in [7, 11) is 1.56. The molecule has 31 heavy (non-hydrogen) atoms. The van der Waals surface area contributed by atoms with Gasteiger partial charge in [0, 0.05) is 24.0 Å². The first-order valence-corrected chi connectivity index (χ1v) is 10.3. The maximum absolute atomic E-state index is 11.8. The SMILES string of the molecule is CCNC(=O)Nc1ccc(-c2cncc(NC(CC)c3cccnc3C)n2)cc1OC. The third-order valence-corrected chi connectivity index (χ3v) is 4.87. The van der Waals surface area contributed by atoms with Crippen LogP contribution in [0.1, 0.15) is 37.6 Å². The molecular weight excluding hydrogens is 392 g/mol. The Balaban J connectivity index is 1.84. The molecule has 0 aliphatic rings. The van der Waals surface area contributed by atoms with Crippen LogP contribution in [-0.2, 0) is 0 Å². The van der Waals surface area contributed by atoms with E-state index < -0.39 is 0 Å². The zero-order valence-electron chi connectivity index (χ0n) is 18.3. The van der Waals surface area contributed by atoms with Crippen molar-refractivity contribution in [2.45, 2.75) is 33.2 Å². The lowest BCUT2D eigenvalue weighted by atomic mass is 10.0.